The van der Waals surface area contributed by atoms with Crippen LogP contribution in [0.1, 0.15) is 6.42 Å². The summed E-state index contributed by atoms with van der Waals surface area (Å²) in [5, 5.41) is -0.0139. The number of methoxy groups -OCH3 is 1. The lowest BCUT2D eigenvalue weighted by molar-refractivity contribution is -0.156. The van der Waals surface area contributed by atoms with Crippen LogP contribution in [0, 0.1) is 5.82 Å². The van der Waals surface area contributed by atoms with Gasteiger partial charge in [-0.25, -0.2) is 4.39 Å². The fourth-order valence-electron chi connectivity index (χ4n) is 1.77. The molecule has 0 aliphatic heterocycles. The summed E-state index contributed by atoms with van der Waals surface area (Å²) in [6, 6.07) is 4.49. The number of halogens is 2. The Morgan fingerprint density at radius 3 is 2.89 bits per heavy atom. The zero-order chi connectivity index (χ0) is 13.8. The molecule has 4 nitrogen and oxygen atoms in total. The van der Waals surface area contributed by atoms with E-state index < -0.39 is 18.0 Å². The zero-order valence-electron chi connectivity index (χ0n) is 10.4. The van der Waals surface area contributed by atoms with E-state index in [2.05, 4.69) is 0 Å². The van der Waals surface area contributed by atoms with Crippen molar-refractivity contribution in [2.75, 3.05) is 20.3 Å². The number of ketones is 1. The van der Waals surface area contributed by atoms with Gasteiger partial charge in [-0.1, -0.05) is 17.7 Å². The maximum atomic E-state index is 13.7. The van der Waals surface area contributed by atoms with Gasteiger partial charge in [-0.15, -0.1) is 0 Å². The Kier molecular flexibility index (Phi) is 4.74. The lowest BCUT2D eigenvalue weighted by Gasteiger charge is -2.34. The van der Waals surface area contributed by atoms with Crippen LogP contribution in [0.15, 0.2) is 18.2 Å². The molecule has 104 valence electrons. The standard InChI is InChI=1S/C13H14ClFO4/c1-17-5-6-18-13-9(16)7-11(13)19-10-4-2-3-8(14)12(10)15/h2-4,11,13H,5-7H2,1H3. The first kappa shape index (κ1) is 14.2. The third-order valence-corrected chi connectivity index (χ3v) is 3.13. The Bertz CT molecular complexity index is 466. The largest absolute Gasteiger partial charge is 0.484 e. The average Bonchev–Trinajstić information content (AvgIpc) is 2.39. The van der Waals surface area contributed by atoms with E-state index in [0.29, 0.717) is 13.2 Å². The molecule has 0 amide bonds. The first-order valence-corrected chi connectivity index (χ1v) is 6.25. The fourth-order valence-corrected chi connectivity index (χ4v) is 1.93. The summed E-state index contributed by atoms with van der Waals surface area (Å²) in [5.41, 5.74) is 0. The minimum Gasteiger partial charge on any atom is -0.484 e. The van der Waals surface area contributed by atoms with Gasteiger partial charge in [0, 0.05) is 13.5 Å². The predicted molar refractivity (Wildman–Crippen MR) is 67.1 cm³/mol. The molecular formula is C13H14ClFO4. The van der Waals surface area contributed by atoms with E-state index in [9.17, 15) is 9.18 Å². The Labute approximate surface area is 115 Å². The van der Waals surface area contributed by atoms with Crippen LogP contribution in [-0.4, -0.2) is 38.3 Å². The lowest BCUT2D eigenvalue weighted by Crippen LogP contribution is -2.52. The summed E-state index contributed by atoms with van der Waals surface area (Å²) in [5.74, 6) is -0.645. The first-order valence-electron chi connectivity index (χ1n) is 5.87. The molecule has 0 radical (unpaired) electrons. The molecule has 6 heteroatoms. The first-order chi connectivity index (χ1) is 9.13. The van der Waals surface area contributed by atoms with Gasteiger partial charge < -0.3 is 14.2 Å². The van der Waals surface area contributed by atoms with Crippen molar-refractivity contribution < 1.29 is 23.4 Å². The van der Waals surface area contributed by atoms with Crippen LogP contribution in [0.3, 0.4) is 0 Å². The third-order valence-electron chi connectivity index (χ3n) is 2.84. The van der Waals surface area contributed by atoms with Gasteiger partial charge >= 0.3 is 0 Å². The van der Waals surface area contributed by atoms with Crippen LogP contribution in [0.2, 0.25) is 5.02 Å². The molecule has 1 aromatic carbocycles. The molecule has 0 aromatic heterocycles. The van der Waals surface area contributed by atoms with E-state index in [1.807, 2.05) is 0 Å². The SMILES string of the molecule is COCCOC1C(=O)CC1Oc1cccc(Cl)c1F. The quantitative estimate of drug-likeness (QED) is 0.753. The molecule has 0 bridgehead atoms. The normalized spacial score (nSPS) is 22.2. The second-order valence-corrected chi connectivity index (χ2v) is 4.57. The van der Waals surface area contributed by atoms with Gasteiger partial charge in [0.15, 0.2) is 23.5 Å². The van der Waals surface area contributed by atoms with Crippen molar-refractivity contribution in [3.8, 4) is 5.75 Å². The third kappa shape index (κ3) is 3.23. The highest BCUT2D eigenvalue weighted by Crippen LogP contribution is 2.30. The summed E-state index contributed by atoms with van der Waals surface area (Å²) in [6.07, 6.45) is -0.922. The summed E-state index contributed by atoms with van der Waals surface area (Å²) < 4.78 is 29.2. The summed E-state index contributed by atoms with van der Waals surface area (Å²) in [7, 11) is 1.54. The van der Waals surface area contributed by atoms with Crippen molar-refractivity contribution in [1.29, 1.82) is 0 Å². The monoisotopic (exact) mass is 288 g/mol. The van der Waals surface area contributed by atoms with Crippen LogP contribution in [0.5, 0.6) is 5.75 Å². The highest BCUT2D eigenvalue weighted by Gasteiger charge is 2.43. The molecule has 19 heavy (non-hydrogen) atoms. The van der Waals surface area contributed by atoms with Crippen LogP contribution < -0.4 is 4.74 Å². The van der Waals surface area contributed by atoms with Gasteiger partial charge in [0.05, 0.1) is 18.2 Å². The highest BCUT2D eigenvalue weighted by molar-refractivity contribution is 6.30. The predicted octanol–water partition coefficient (Wildman–Crippen LogP) is 2.23. The minimum atomic E-state index is -0.659. The molecule has 0 saturated heterocycles. The molecule has 0 N–H and O–H groups in total. The number of hydrogen-bond donors (Lipinski definition) is 0. The second-order valence-electron chi connectivity index (χ2n) is 4.16. The van der Waals surface area contributed by atoms with Crippen LogP contribution in [0.25, 0.3) is 0 Å². The summed E-state index contributed by atoms with van der Waals surface area (Å²) >= 11 is 5.66. The van der Waals surface area contributed by atoms with Gasteiger partial charge in [0.2, 0.25) is 0 Å². The number of rotatable bonds is 6. The maximum Gasteiger partial charge on any atom is 0.183 e. The van der Waals surface area contributed by atoms with E-state index in [4.69, 9.17) is 25.8 Å². The van der Waals surface area contributed by atoms with E-state index in [0.717, 1.165) is 0 Å². The summed E-state index contributed by atoms with van der Waals surface area (Å²) in [4.78, 5) is 11.4. The van der Waals surface area contributed by atoms with E-state index in [1.54, 1.807) is 13.2 Å². The van der Waals surface area contributed by atoms with Crippen molar-refractivity contribution >= 4 is 17.4 Å². The van der Waals surface area contributed by atoms with Crippen molar-refractivity contribution in [3.63, 3.8) is 0 Å². The number of hydrogen-bond acceptors (Lipinski definition) is 4. The molecular weight excluding hydrogens is 275 g/mol. The molecule has 2 rings (SSSR count). The Balaban J connectivity index is 1.95. The number of carbonyl (C=O) groups excluding carboxylic acids is 1. The molecule has 1 saturated carbocycles. The van der Waals surface area contributed by atoms with Gasteiger partial charge in [0.25, 0.3) is 0 Å². The van der Waals surface area contributed by atoms with Crippen molar-refractivity contribution in [3.05, 3.63) is 29.0 Å². The second kappa shape index (κ2) is 6.32. The van der Waals surface area contributed by atoms with Gasteiger partial charge in [-0.3, -0.25) is 4.79 Å². The average molecular weight is 289 g/mol. The summed E-state index contributed by atoms with van der Waals surface area (Å²) in [6.45, 7) is 0.687. The van der Waals surface area contributed by atoms with Gasteiger partial charge in [0.1, 0.15) is 6.10 Å². The van der Waals surface area contributed by atoms with Gasteiger partial charge in [-0.05, 0) is 12.1 Å². The smallest absolute Gasteiger partial charge is 0.183 e. The molecule has 1 fully saturated rings. The van der Waals surface area contributed by atoms with Crippen molar-refractivity contribution in [2.45, 2.75) is 18.6 Å². The van der Waals surface area contributed by atoms with E-state index >= 15 is 0 Å². The molecule has 0 heterocycles. The fraction of sp³-hybridized carbons (Fsp3) is 0.462. The number of carbonyl (C=O) groups is 1. The Morgan fingerprint density at radius 2 is 2.21 bits per heavy atom. The Hall–Kier alpha value is -1.17. The van der Waals surface area contributed by atoms with Crippen molar-refractivity contribution in [1.82, 2.24) is 0 Å². The molecule has 0 spiro atoms. The molecule has 2 unspecified atom stereocenters. The van der Waals surface area contributed by atoms with E-state index in [-0.39, 0.29) is 23.0 Å². The molecule has 2 atom stereocenters. The van der Waals surface area contributed by atoms with Crippen LogP contribution in [0.4, 0.5) is 4.39 Å². The maximum absolute atomic E-state index is 13.7. The molecule has 1 aliphatic rings. The molecule has 1 aliphatic carbocycles. The van der Waals surface area contributed by atoms with Crippen LogP contribution >= 0.6 is 11.6 Å². The number of Topliss-reactive ketones (excluding diaryl/α,β-unsaturated/α-hetero) is 1. The van der Waals surface area contributed by atoms with E-state index in [1.165, 1.54) is 12.1 Å². The lowest BCUT2D eigenvalue weighted by atomic mass is 9.90. The van der Waals surface area contributed by atoms with Gasteiger partial charge in [-0.2, -0.15) is 0 Å². The number of benzene rings is 1. The number of ether oxygens (including phenoxy) is 3. The Morgan fingerprint density at radius 1 is 1.42 bits per heavy atom. The zero-order valence-corrected chi connectivity index (χ0v) is 11.2. The topological polar surface area (TPSA) is 44.8 Å². The highest BCUT2D eigenvalue weighted by atomic mass is 35.5. The molecule has 1 aromatic rings. The minimum absolute atomic E-state index is 0.0139. The van der Waals surface area contributed by atoms with Crippen LogP contribution in [-0.2, 0) is 14.3 Å². The van der Waals surface area contributed by atoms with Crippen molar-refractivity contribution in [2.24, 2.45) is 0 Å².